The Morgan fingerprint density at radius 1 is 1.43 bits per heavy atom. The lowest BCUT2D eigenvalue weighted by atomic mass is 10.2. The number of carbonyl (C=O) groups excluding carboxylic acids is 2. The molecule has 0 aliphatic heterocycles. The van der Waals surface area contributed by atoms with Crippen LogP contribution in [0.25, 0.3) is 0 Å². The SMILES string of the molecule is CCCCNC(=O)COC(=O)c1ccc(Cl)cc1[N+](=O)[O-]. The Morgan fingerprint density at radius 3 is 2.76 bits per heavy atom. The molecule has 7 nitrogen and oxygen atoms in total. The standard InChI is InChI=1S/C13H15ClN2O5/c1-2-3-6-15-12(17)8-21-13(18)10-5-4-9(14)7-11(10)16(19)20/h4-5,7H,2-3,6,8H2,1H3,(H,15,17). The third-order valence-corrected chi connectivity index (χ3v) is 2.80. The van der Waals surface area contributed by atoms with E-state index in [1.165, 1.54) is 12.1 Å². The van der Waals surface area contributed by atoms with Crippen LogP contribution in [0.2, 0.25) is 5.02 Å². The zero-order valence-corrected chi connectivity index (χ0v) is 12.2. The third kappa shape index (κ3) is 5.39. The average molecular weight is 315 g/mol. The lowest BCUT2D eigenvalue weighted by molar-refractivity contribution is -0.385. The van der Waals surface area contributed by atoms with Gasteiger partial charge in [0, 0.05) is 17.6 Å². The molecule has 8 heteroatoms. The molecule has 0 atom stereocenters. The molecular weight excluding hydrogens is 300 g/mol. The number of amides is 1. The number of unbranched alkanes of at least 4 members (excludes halogenated alkanes) is 1. The normalized spacial score (nSPS) is 10.0. The number of esters is 1. The van der Waals surface area contributed by atoms with Crippen molar-refractivity contribution in [2.45, 2.75) is 19.8 Å². The van der Waals surface area contributed by atoms with Crippen molar-refractivity contribution in [2.24, 2.45) is 0 Å². The Hall–Kier alpha value is -2.15. The highest BCUT2D eigenvalue weighted by molar-refractivity contribution is 6.31. The molecule has 1 amide bonds. The summed E-state index contributed by atoms with van der Waals surface area (Å²) in [6.07, 6.45) is 1.75. The van der Waals surface area contributed by atoms with Gasteiger partial charge < -0.3 is 10.1 Å². The maximum Gasteiger partial charge on any atom is 0.345 e. The van der Waals surface area contributed by atoms with Gasteiger partial charge >= 0.3 is 5.97 Å². The molecule has 1 aromatic carbocycles. The number of ether oxygens (including phenoxy) is 1. The van der Waals surface area contributed by atoms with E-state index >= 15 is 0 Å². The molecule has 114 valence electrons. The van der Waals surface area contributed by atoms with Crippen molar-refractivity contribution in [3.63, 3.8) is 0 Å². The number of hydrogen-bond donors (Lipinski definition) is 1. The van der Waals surface area contributed by atoms with Crippen molar-refractivity contribution in [1.82, 2.24) is 5.32 Å². The summed E-state index contributed by atoms with van der Waals surface area (Å²) in [4.78, 5) is 33.3. The van der Waals surface area contributed by atoms with Crippen molar-refractivity contribution >= 4 is 29.2 Å². The molecule has 0 spiro atoms. The molecule has 0 bridgehead atoms. The van der Waals surface area contributed by atoms with Gasteiger partial charge in [-0.25, -0.2) is 4.79 Å². The average Bonchev–Trinajstić information content (AvgIpc) is 2.44. The van der Waals surface area contributed by atoms with Crippen LogP contribution < -0.4 is 5.32 Å². The van der Waals surface area contributed by atoms with Gasteiger partial charge in [-0.2, -0.15) is 0 Å². The van der Waals surface area contributed by atoms with E-state index < -0.39 is 29.1 Å². The smallest absolute Gasteiger partial charge is 0.345 e. The molecule has 0 unspecified atom stereocenters. The van der Waals surface area contributed by atoms with Crippen LogP contribution in [0.1, 0.15) is 30.1 Å². The predicted molar refractivity (Wildman–Crippen MR) is 76.3 cm³/mol. The van der Waals surface area contributed by atoms with Crippen LogP contribution in [0.3, 0.4) is 0 Å². The Balaban J connectivity index is 2.64. The minimum Gasteiger partial charge on any atom is -0.452 e. The topological polar surface area (TPSA) is 98.5 Å². The molecule has 21 heavy (non-hydrogen) atoms. The van der Waals surface area contributed by atoms with E-state index in [1.807, 2.05) is 6.92 Å². The number of nitrogens with zero attached hydrogens (tertiary/aromatic N) is 1. The van der Waals surface area contributed by atoms with Gasteiger partial charge in [-0.15, -0.1) is 0 Å². The van der Waals surface area contributed by atoms with E-state index in [0.29, 0.717) is 6.54 Å². The van der Waals surface area contributed by atoms with Gasteiger partial charge in [-0.3, -0.25) is 14.9 Å². The molecular formula is C13H15ClN2O5. The van der Waals surface area contributed by atoms with Gasteiger partial charge in [0.2, 0.25) is 0 Å². The first-order valence-corrected chi connectivity index (χ1v) is 6.71. The number of halogens is 1. The monoisotopic (exact) mass is 314 g/mol. The van der Waals surface area contributed by atoms with Gasteiger partial charge in [0.1, 0.15) is 5.56 Å². The molecule has 1 N–H and O–H groups in total. The first-order chi connectivity index (χ1) is 9.95. The van der Waals surface area contributed by atoms with Crippen LogP contribution in [-0.4, -0.2) is 30.0 Å². The molecule has 1 rings (SSSR count). The summed E-state index contributed by atoms with van der Waals surface area (Å²) in [5, 5.41) is 13.6. The van der Waals surface area contributed by atoms with Crippen LogP contribution in [0.15, 0.2) is 18.2 Å². The van der Waals surface area contributed by atoms with E-state index in [1.54, 1.807) is 0 Å². The number of nitro benzene ring substituents is 1. The fraction of sp³-hybridized carbons (Fsp3) is 0.385. The summed E-state index contributed by atoms with van der Waals surface area (Å²) in [6.45, 7) is 1.99. The lowest BCUT2D eigenvalue weighted by Crippen LogP contribution is -2.29. The van der Waals surface area contributed by atoms with Crippen molar-refractivity contribution in [3.8, 4) is 0 Å². The highest BCUT2D eigenvalue weighted by atomic mass is 35.5. The van der Waals surface area contributed by atoms with Crippen molar-refractivity contribution in [3.05, 3.63) is 38.9 Å². The van der Waals surface area contributed by atoms with Gasteiger partial charge in [-0.1, -0.05) is 24.9 Å². The highest BCUT2D eigenvalue weighted by Crippen LogP contribution is 2.23. The summed E-state index contributed by atoms with van der Waals surface area (Å²) >= 11 is 5.64. The minimum absolute atomic E-state index is 0.135. The summed E-state index contributed by atoms with van der Waals surface area (Å²) in [6, 6.07) is 3.59. The van der Waals surface area contributed by atoms with E-state index in [9.17, 15) is 19.7 Å². The number of carbonyl (C=O) groups is 2. The summed E-state index contributed by atoms with van der Waals surface area (Å²) < 4.78 is 4.75. The van der Waals surface area contributed by atoms with Crippen LogP contribution in [-0.2, 0) is 9.53 Å². The minimum atomic E-state index is -0.941. The quantitative estimate of drug-likeness (QED) is 0.360. The molecule has 0 aliphatic carbocycles. The van der Waals surface area contributed by atoms with E-state index in [0.717, 1.165) is 18.9 Å². The number of rotatable bonds is 7. The Kier molecular flexibility index (Phi) is 6.61. The maximum absolute atomic E-state index is 11.8. The second-order valence-corrected chi connectivity index (χ2v) is 4.63. The van der Waals surface area contributed by atoms with E-state index in [4.69, 9.17) is 16.3 Å². The fourth-order valence-electron chi connectivity index (χ4n) is 1.49. The summed E-state index contributed by atoms with van der Waals surface area (Å²) in [5.41, 5.74) is -0.704. The van der Waals surface area contributed by atoms with E-state index in [-0.39, 0.29) is 10.6 Å². The number of hydrogen-bond acceptors (Lipinski definition) is 5. The third-order valence-electron chi connectivity index (χ3n) is 2.56. The Bertz CT molecular complexity index is 547. The molecule has 0 saturated carbocycles. The number of nitro groups is 1. The van der Waals surface area contributed by atoms with Crippen molar-refractivity contribution < 1.29 is 19.2 Å². The van der Waals surface area contributed by atoms with Crippen molar-refractivity contribution in [2.75, 3.05) is 13.2 Å². The molecule has 0 radical (unpaired) electrons. The number of nitrogens with one attached hydrogen (secondary N) is 1. The van der Waals surface area contributed by atoms with Crippen LogP contribution in [0.4, 0.5) is 5.69 Å². The van der Waals surface area contributed by atoms with Gasteiger partial charge in [0.05, 0.1) is 4.92 Å². The lowest BCUT2D eigenvalue weighted by Gasteiger charge is -2.06. The predicted octanol–water partition coefficient (Wildman–Crippen LogP) is 2.32. The number of benzene rings is 1. The van der Waals surface area contributed by atoms with Crippen LogP contribution in [0.5, 0.6) is 0 Å². The van der Waals surface area contributed by atoms with Crippen molar-refractivity contribution in [1.29, 1.82) is 0 Å². The molecule has 0 heterocycles. The zero-order valence-electron chi connectivity index (χ0n) is 11.4. The van der Waals surface area contributed by atoms with E-state index in [2.05, 4.69) is 5.32 Å². The van der Waals surface area contributed by atoms with Gasteiger partial charge in [0.15, 0.2) is 6.61 Å². The molecule has 0 aliphatic rings. The largest absolute Gasteiger partial charge is 0.452 e. The van der Waals surface area contributed by atoms with Gasteiger partial charge in [0.25, 0.3) is 11.6 Å². The summed E-state index contributed by atoms with van der Waals surface area (Å²) in [5.74, 6) is -1.39. The summed E-state index contributed by atoms with van der Waals surface area (Å²) in [7, 11) is 0. The second-order valence-electron chi connectivity index (χ2n) is 4.20. The first kappa shape index (κ1) is 16.9. The van der Waals surface area contributed by atoms with Crippen LogP contribution >= 0.6 is 11.6 Å². The molecule has 0 saturated heterocycles. The maximum atomic E-state index is 11.8. The zero-order chi connectivity index (χ0) is 15.8. The Morgan fingerprint density at radius 2 is 2.14 bits per heavy atom. The van der Waals surface area contributed by atoms with Crippen LogP contribution in [0, 0.1) is 10.1 Å². The molecule has 0 fully saturated rings. The molecule has 0 aromatic heterocycles. The second kappa shape index (κ2) is 8.21. The Labute approximate surface area is 126 Å². The molecule has 1 aromatic rings. The van der Waals surface area contributed by atoms with Gasteiger partial charge in [-0.05, 0) is 18.6 Å². The fourth-order valence-corrected chi connectivity index (χ4v) is 1.66. The first-order valence-electron chi connectivity index (χ1n) is 6.33. The highest BCUT2D eigenvalue weighted by Gasteiger charge is 2.22.